The van der Waals surface area contributed by atoms with Gasteiger partial charge in [0.2, 0.25) is 11.8 Å². The Morgan fingerprint density at radius 3 is 2.76 bits per heavy atom. The number of rotatable bonds is 2. The summed E-state index contributed by atoms with van der Waals surface area (Å²) in [5, 5.41) is 13.9. The van der Waals surface area contributed by atoms with E-state index in [1.807, 2.05) is 0 Å². The first-order chi connectivity index (χ1) is 9.97. The monoisotopic (exact) mass is 285 g/mol. The molecule has 1 aromatic heterocycles. The Bertz CT molecular complexity index is 800. The predicted octanol–water partition coefficient (Wildman–Crippen LogP) is 1.58. The van der Waals surface area contributed by atoms with Crippen LogP contribution in [0.1, 0.15) is 23.6 Å². The zero-order valence-electron chi connectivity index (χ0n) is 11.1. The van der Waals surface area contributed by atoms with Crippen molar-refractivity contribution in [1.82, 2.24) is 10.3 Å². The zero-order valence-corrected chi connectivity index (χ0v) is 11.1. The highest BCUT2D eigenvalue weighted by molar-refractivity contribution is 6.06. The van der Waals surface area contributed by atoms with Crippen LogP contribution in [-0.2, 0) is 9.59 Å². The first-order valence-electron chi connectivity index (χ1n) is 6.35. The lowest BCUT2D eigenvalue weighted by atomic mass is 9.94. The van der Waals surface area contributed by atoms with E-state index in [-0.39, 0.29) is 29.4 Å². The van der Waals surface area contributed by atoms with Gasteiger partial charge in [-0.15, -0.1) is 0 Å². The number of hydrogen-bond donors (Lipinski definition) is 1. The fraction of sp³-hybridized carbons (Fsp3) is 0.214. The number of non-ortho nitro benzene ring substituents is 1. The van der Waals surface area contributed by atoms with Crippen LogP contribution in [-0.4, -0.2) is 21.7 Å². The van der Waals surface area contributed by atoms with Gasteiger partial charge in [-0.1, -0.05) is 12.1 Å². The molecule has 1 aliphatic rings. The number of amides is 2. The topological polar surface area (TPSA) is 102 Å². The van der Waals surface area contributed by atoms with Crippen molar-refractivity contribution in [3.63, 3.8) is 0 Å². The van der Waals surface area contributed by atoms with E-state index in [9.17, 15) is 19.7 Å². The van der Waals surface area contributed by atoms with E-state index in [4.69, 9.17) is 0 Å². The molecule has 2 amide bonds. The number of carbonyl (C=O) groups is 2. The number of aromatic nitrogens is 1. The highest BCUT2D eigenvalue weighted by Gasteiger charge is 2.33. The van der Waals surface area contributed by atoms with Gasteiger partial charge in [-0.2, -0.15) is 0 Å². The Balaban J connectivity index is 2.19. The van der Waals surface area contributed by atoms with Crippen LogP contribution in [0, 0.1) is 17.0 Å². The van der Waals surface area contributed by atoms with E-state index < -0.39 is 10.8 Å². The Kier molecular flexibility index (Phi) is 2.90. The minimum atomic E-state index is -0.575. The van der Waals surface area contributed by atoms with Crippen LogP contribution >= 0.6 is 0 Å². The van der Waals surface area contributed by atoms with Gasteiger partial charge >= 0.3 is 0 Å². The first-order valence-corrected chi connectivity index (χ1v) is 6.35. The van der Waals surface area contributed by atoms with Crippen LogP contribution in [0.3, 0.4) is 0 Å². The SMILES string of the molecule is Cc1nc2c([N+](=O)[O-])cccc2cc1C1CC(=O)NC1=O. The van der Waals surface area contributed by atoms with Crippen molar-refractivity contribution in [1.29, 1.82) is 0 Å². The average molecular weight is 285 g/mol. The number of nitrogens with one attached hydrogen (secondary N) is 1. The standard InChI is InChI=1S/C14H11N3O4/c1-7-9(10-6-12(18)16-14(10)19)5-8-3-2-4-11(17(20)21)13(8)15-7/h2-5,10H,6H2,1H3,(H,16,18,19). The lowest BCUT2D eigenvalue weighted by Gasteiger charge is -2.11. The molecule has 7 heteroatoms. The molecule has 1 unspecified atom stereocenters. The Hall–Kier alpha value is -2.83. The number of benzene rings is 1. The van der Waals surface area contributed by atoms with Crippen LogP contribution in [0.15, 0.2) is 24.3 Å². The number of aryl methyl sites for hydroxylation is 1. The molecule has 0 aliphatic carbocycles. The summed E-state index contributed by atoms with van der Waals surface area (Å²) < 4.78 is 0. The molecule has 1 atom stereocenters. The number of hydrogen-bond acceptors (Lipinski definition) is 5. The second-order valence-corrected chi connectivity index (χ2v) is 4.94. The number of nitrogens with zero attached hydrogens (tertiary/aromatic N) is 2. The van der Waals surface area contributed by atoms with E-state index in [1.54, 1.807) is 25.1 Å². The largest absolute Gasteiger partial charge is 0.296 e. The third-order valence-electron chi connectivity index (χ3n) is 3.59. The number of nitro groups is 1. The second kappa shape index (κ2) is 4.62. The number of fused-ring (bicyclic) bond motifs is 1. The van der Waals surface area contributed by atoms with Gasteiger partial charge in [-0.05, 0) is 18.6 Å². The normalized spacial score (nSPS) is 18.0. The van der Waals surface area contributed by atoms with Gasteiger partial charge < -0.3 is 0 Å². The molecule has 1 aliphatic heterocycles. The van der Waals surface area contributed by atoms with Gasteiger partial charge in [0.15, 0.2) is 0 Å². The van der Waals surface area contributed by atoms with Crippen molar-refractivity contribution >= 4 is 28.4 Å². The van der Waals surface area contributed by atoms with Crippen LogP contribution < -0.4 is 5.32 Å². The lowest BCUT2D eigenvalue weighted by Crippen LogP contribution is -2.21. The molecule has 106 valence electrons. The quantitative estimate of drug-likeness (QED) is 0.512. The van der Waals surface area contributed by atoms with Gasteiger partial charge in [0.05, 0.1) is 10.8 Å². The Morgan fingerprint density at radius 1 is 1.38 bits per heavy atom. The third-order valence-corrected chi connectivity index (χ3v) is 3.59. The minimum Gasteiger partial charge on any atom is -0.296 e. The highest BCUT2D eigenvalue weighted by Crippen LogP contribution is 2.31. The maximum Gasteiger partial charge on any atom is 0.295 e. The van der Waals surface area contributed by atoms with Crippen LogP contribution in [0.25, 0.3) is 10.9 Å². The summed E-state index contributed by atoms with van der Waals surface area (Å²) in [6.45, 7) is 1.68. The maximum absolute atomic E-state index is 11.8. The van der Waals surface area contributed by atoms with E-state index in [0.29, 0.717) is 16.6 Å². The van der Waals surface area contributed by atoms with Gasteiger partial charge in [-0.3, -0.25) is 25.0 Å². The molecule has 21 heavy (non-hydrogen) atoms. The van der Waals surface area contributed by atoms with Crippen molar-refractivity contribution in [2.45, 2.75) is 19.3 Å². The molecule has 1 fully saturated rings. The molecule has 1 aromatic carbocycles. The lowest BCUT2D eigenvalue weighted by molar-refractivity contribution is -0.383. The van der Waals surface area contributed by atoms with E-state index in [2.05, 4.69) is 10.3 Å². The molecule has 2 heterocycles. The van der Waals surface area contributed by atoms with Crippen LogP contribution in [0.5, 0.6) is 0 Å². The maximum atomic E-state index is 11.8. The molecule has 7 nitrogen and oxygen atoms in total. The molecule has 0 radical (unpaired) electrons. The molecule has 0 spiro atoms. The van der Waals surface area contributed by atoms with Crippen molar-refractivity contribution in [3.8, 4) is 0 Å². The number of para-hydroxylation sites is 1. The van der Waals surface area contributed by atoms with Gasteiger partial charge in [-0.25, -0.2) is 4.98 Å². The Morgan fingerprint density at radius 2 is 2.14 bits per heavy atom. The van der Waals surface area contributed by atoms with Crippen LogP contribution in [0.4, 0.5) is 5.69 Å². The molecule has 1 N–H and O–H groups in total. The number of imide groups is 1. The molecular formula is C14H11N3O4. The summed E-state index contributed by atoms with van der Waals surface area (Å²) >= 11 is 0. The summed E-state index contributed by atoms with van der Waals surface area (Å²) in [5.74, 6) is -1.24. The van der Waals surface area contributed by atoms with Crippen molar-refractivity contribution in [2.24, 2.45) is 0 Å². The summed E-state index contributed by atoms with van der Waals surface area (Å²) in [7, 11) is 0. The van der Waals surface area contributed by atoms with E-state index in [1.165, 1.54) is 6.07 Å². The van der Waals surface area contributed by atoms with Crippen molar-refractivity contribution in [3.05, 3.63) is 45.6 Å². The zero-order chi connectivity index (χ0) is 15.1. The Labute approximate surface area is 119 Å². The second-order valence-electron chi connectivity index (χ2n) is 4.94. The minimum absolute atomic E-state index is 0.0749. The molecule has 2 aromatic rings. The molecule has 0 bridgehead atoms. The van der Waals surface area contributed by atoms with Gasteiger partial charge in [0.1, 0.15) is 5.52 Å². The molecular weight excluding hydrogens is 274 g/mol. The molecule has 1 saturated heterocycles. The van der Waals surface area contributed by atoms with Gasteiger partial charge in [0, 0.05) is 23.6 Å². The van der Waals surface area contributed by atoms with Crippen LogP contribution in [0.2, 0.25) is 0 Å². The summed E-state index contributed by atoms with van der Waals surface area (Å²) in [6.07, 6.45) is 0.0851. The fourth-order valence-electron chi connectivity index (χ4n) is 2.60. The van der Waals surface area contributed by atoms with Gasteiger partial charge in [0.25, 0.3) is 5.69 Å². The predicted molar refractivity (Wildman–Crippen MR) is 73.6 cm³/mol. The highest BCUT2D eigenvalue weighted by atomic mass is 16.6. The summed E-state index contributed by atoms with van der Waals surface area (Å²) in [5.41, 5.74) is 1.36. The number of carbonyl (C=O) groups excluding carboxylic acids is 2. The fourth-order valence-corrected chi connectivity index (χ4v) is 2.60. The number of pyridine rings is 1. The van der Waals surface area contributed by atoms with E-state index in [0.717, 1.165) is 0 Å². The van der Waals surface area contributed by atoms with Crippen molar-refractivity contribution in [2.75, 3.05) is 0 Å². The smallest absolute Gasteiger partial charge is 0.295 e. The number of nitro benzene ring substituents is 1. The summed E-state index contributed by atoms with van der Waals surface area (Å²) in [4.78, 5) is 37.9. The van der Waals surface area contributed by atoms with Crippen molar-refractivity contribution < 1.29 is 14.5 Å². The molecule has 3 rings (SSSR count). The van der Waals surface area contributed by atoms with E-state index >= 15 is 0 Å². The average Bonchev–Trinajstić information content (AvgIpc) is 2.76. The molecule has 0 saturated carbocycles. The first kappa shape index (κ1) is 13.2. The third kappa shape index (κ3) is 2.12. The summed E-state index contributed by atoms with van der Waals surface area (Å²) in [6, 6.07) is 6.36.